The molecule has 0 radical (unpaired) electrons. The molecule has 1 rings (SSSR count). The summed E-state index contributed by atoms with van der Waals surface area (Å²) in [6.45, 7) is 0.280. The van der Waals surface area contributed by atoms with Crippen LogP contribution in [0.5, 0.6) is 0 Å². The summed E-state index contributed by atoms with van der Waals surface area (Å²) in [6.07, 6.45) is 0. The second kappa shape index (κ2) is 5.07. The van der Waals surface area contributed by atoms with Gasteiger partial charge in [0.05, 0.1) is 0 Å². The van der Waals surface area contributed by atoms with Crippen molar-refractivity contribution in [2.75, 3.05) is 14.1 Å². The highest BCUT2D eigenvalue weighted by Gasteiger charge is 2.12. The van der Waals surface area contributed by atoms with Crippen LogP contribution in [-0.4, -0.2) is 26.8 Å². The van der Waals surface area contributed by atoms with Crippen LogP contribution >= 0.6 is 15.9 Å². The Kier molecular flexibility index (Phi) is 4.27. The predicted octanol–water partition coefficient (Wildman–Crippen LogP) is 1.35. The zero-order valence-corrected chi connectivity index (χ0v) is 11.0. The minimum Gasteiger partial charge on any atom is -0.198 e. The van der Waals surface area contributed by atoms with Crippen LogP contribution in [0.2, 0.25) is 0 Å². The number of benzene rings is 1. The van der Waals surface area contributed by atoms with Crippen molar-refractivity contribution < 1.29 is 8.42 Å². The van der Waals surface area contributed by atoms with Crippen LogP contribution in [0, 0.1) is 0 Å². The summed E-state index contributed by atoms with van der Waals surface area (Å²) in [4.78, 5) is 0. The van der Waals surface area contributed by atoms with Crippen molar-refractivity contribution in [3.05, 3.63) is 34.3 Å². The Morgan fingerprint density at radius 3 is 2.47 bits per heavy atom. The Morgan fingerprint density at radius 1 is 1.33 bits per heavy atom. The van der Waals surface area contributed by atoms with Gasteiger partial charge in [0.15, 0.2) is 0 Å². The van der Waals surface area contributed by atoms with E-state index in [4.69, 9.17) is 0 Å². The summed E-state index contributed by atoms with van der Waals surface area (Å²) < 4.78 is 27.4. The second-order valence-corrected chi connectivity index (χ2v) is 6.02. The topological polar surface area (TPSA) is 49.4 Å². The number of nitrogens with one attached hydrogen (secondary N) is 1. The van der Waals surface area contributed by atoms with Crippen LogP contribution in [0.1, 0.15) is 5.56 Å². The number of hydrogen-bond acceptors (Lipinski definition) is 2. The maximum absolute atomic E-state index is 11.4. The highest BCUT2D eigenvalue weighted by Crippen LogP contribution is 2.15. The smallest absolute Gasteiger partial charge is 0.198 e. The quantitative estimate of drug-likeness (QED) is 0.911. The van der Waals surface area contributed by atoms with Gasteiger partial charge in [0, 0.05) is 25.1 Å². The van der Waals surface area contributed by atoms with Crippen LogP contribution in [0.15, 0.2) is 28.7 Å². The third-order valence-electron chi connectivity index (χ3n) is 1.88. The van der Waals surface area contributed by atoms with E-state index >= 15 is 0 Å². The van der Waals surface area contributed by atoms with Crippen LogP contribution in [0.4, 0.5) is 0 Å². The lowest BCUT2D eigenvalue weighted by atomic mass is 10.2. The zero-order chi connectivity index (χ0) is 11.5. The fraction of sp³-hybridized carbons (Fsp3) is 0.333. The second-order valence-electron chi connectivity index (χ2n) is 3.20. The Morgan fingerprint density at radius 2 is 1.93 bits per heavy atom. The maximum Gasteiger partial charge on any atom is 0.279 e. The molecule has 0 aromatic heterocycles. The van der Waals surface area contributed by atoms with E-state index in [0.29, 0.717) is 0 Å². The number of halogens is 1. The van der Waals surface area contributed by atoms with Gasteiger partial charge >= 0.3 is 0 Å². The lowest BCUT2D eigenvalue weighted by Crippen LogP contribution is -2.35. The lowest BCUT2D eigenvalue weighted by Gasteiger charge is -2.12. The van der Waals surface area contributed by atoms with Crippen LogP contribution in [-0.2, 0) is 16.8 Å². The molecule has 15 heavy (non-hydrogen) atoms. The van der Waals surface area contributed by atoms with Crippen molar-refractivity contribution in [2.45, 2.75) is 6.54 Å². The lowest BCUT2D eigenvalue weighted by molar-refractivity contribution is 0.505. The molecule has 0 saturated heterocycles. The molecule has 6 heteroatoms. The van der Waals surface area contributed by atoms with E-state index in [1.165, 1.54) is 14.1 Å². The third-order valence-corrected chi connectivity index (χ3v) is 4.13. The van der Waals surface area contributed by atoms with Gasteiger partial charge in [-0.15, -0.1) is 0 Å². The monoisotopic (exact) mass is 292 g/mol. The highest BCUT2D eigenvalue weighted by atomic mass is 79.9. The van der Waals surface area contributed by atoms with E-state index < -0.39 is 10.2 Å². The van der Waals surface area contributed by atoms with Gasteiger partial charge in [0.1, 0.15) is 0 Å². The number of nitrogens with zero attached hydrogens (tertiary/aromatic N) is 1. The van der Waals surface area contributed by atoms with Crippen molar-refractivity contribution in [3.63, 3.8) is 0 Å². The van der Waals surface area contributed by atoms with Crippen LogP contribution in [0.25, 0.3) is 0 Å². The molecule has 0 unspecified atom stereocenters. The highest BCUT2D eigenvalue weighted by molar-refractivity contribution is 9.10. The summed E-state index contributed by atoms with van der Waals surface area (Å²) in [6, 6.07) is 7.49. The van der Waals surface area contributed by atoms with E-state index in [0.717, 1.165) is 14.3 Å². The summed E-state index contributed by atoms with van der Waals surface area (Å²) in [5, 5.41) is 0. The first kappa shape index (κ1) is 12.6. The SMILES string of the molecule is CN(C)S(=O)(=O)NCc1ccccc1Br. The van der Waals surface area contributed by atoms with E-state index in [2.05, 4.69) is 20.7 Å². The predicted molar refractivity (Wildman–Crippen MR) is 63.6 cm³/mol. The van der Waals surface area contributed by atoms with E-state index in [1.54, 1.807) is 0 Å². The van der Waals surface area contributed by atoms with Crippen LogP contribution in [0.3, 0.4) is 0 Å². The fourth-order valence-electron chi connectivity index (χ4n) is 0.940. The van der Waals surface area contributed by atoms with Crippen molar-refractivity contribution in [2.24, 2.45) is 0 Å². The normalized spacial score (nSPS) is 12.0. The van der Waals surface area contributed by atoms with Gasteiger partial charge in [-0.05, 0) is 11.6 Å². The van der Waals surface area contributed by atoms with Gasteiger partial charge in [-0.25, -0.2) is 0 Å². The average molecular weight is 293 g/mol. The molecule has 0 amide bonds. The van der Waals surface area contributed by atoms with Crippen molar-refractivity contribution in [3.8, 4) is 0 Å². The molecule has 0 aliphatic carbocycles. The summed E-state index contributed by atoms with van der Waals surface area (Å²) in [7, 11) is -0.374. The Labute approximate surface area is 98.6 Å². The molecule has 0 heterocycles. The third kappa shape index (κ3) is 3.57. The molecule has 1 N–H and O–H groups in total. The van der Waals surface area contributed by atoms with Gasteiger partial charge in [0.25, 0.3) is 10.2 Å². The van der Waals surface area contributed by atoms with E-state index in [-0.39, 0.29) is 6.54 Å². The molecule has 0 fully saturated rings. The fourth-order valence-corrected chi connectivity index (χ4v) is 1.96. The summed E-state index contributed by atoms with van der Waals surface area (Å²) >= 11 is 3.35. The molecule has 0 spiro atoms. The van der Waals surface area contributed by atoms with Crippen molar-refractivity contribution in [1.82, 2.24) is 9.03 Å². The Hall–Kier alpha value is -0.430. The molecule has 0 bridgehead atoms. The average Bonchev–Trinajstić information content (AvgIpc) is 2.16. The first-order chi connectivity index (χ1) is 6.93. The van der Waals surface area contributed by atoms with Gasteiger partial charge in [0.2, 0.25) is 0 Å². The molecule has 0 atom stereocenters. The van der Waals surface area contributed by atoms with E-state index in [9.17, 15) is 8.42 Å². The number of rotatable bonds is 4. The minimum absolute atomic E-state index is 0.280. The van der Waals surface area contributed by atoms with Crippen molar-refractivity contribution >= 4 is 26.1 Å². The van der Waals surface area contributed by atoms with Gasteiger partial charge in [-0.2, -0.15) is 17.4 Å². The first-order valence-corrected chi connectivity index (χ1v) is 6.57. The summed E-state index contributed by atoms with van der Waals surface area (Å²) in [5.41, 5.74) is 0.905. The molecular formula is C9H13BrN2O2S. The van der Waals surface area contributed by atoms with Gasteiger partial charge in [-0.1, -0.05) is 34.1 Å². The molecule has 84 valence electrons. The molecule has 0 saturated carbocycles. The molecule has 4 nitrogen and oxygen atoms in total. The van der Waals surface area contributed by atoms with Gasteiger partial charge < -0.3 is 0 Å². The molecular weight excluding hydrogens is 280 g/mol. The molecule has 1 aromatic carbocycles. The Balaban J connectivity index is 2.70. The molecule has 0 aliphatic rings. The molecule has 1 aromatic rings. The zero-order valence-electron chi connectivity index (χ0n) is 8.57. The number of hydrogen-bond donors (Lipinski definition) is 1. The summed E-state index contributed by atoms with van der Waals surface area (Å²) in [5.74, 6) is 0. The largest absolute Gasteiger partial charge is 0.279 e. The standard InChI is InChI=1S/C9H13BrN2O2S/c1-12(2)15(13,14)11-7-8-5-3-4-6-9(8)10/h3-6,11H,7H2,1-2H3. The Bertz CT molecular complexity index is 431. The molecule has 0 aliphatic heterocycles. The van der Waals surface area contributed by atoms with Gasteiger partial charge in [-0.3, -0.25) is 0 Å². The maximum atomic E-state index is 11.4. The van der Waals surface area contributed by atoms with Crippen LogP contribution < -0.4 is 4.72 Å². The first-order valence-electron chi connectivity index (χ1n) is 4.34. The minimum atomic E-state index is -3.35. The van der Waals surface area contributed by atoms with E-state index in [1.807, 2.05) is 24.3 Å². The van der Waals surface area contributed by atoms with Crippen molar-refractivity contribution in [1.29, 1.82) is 0 Å².